The number of carbonyl (C=O) groups is 1. The zero-order valence-corrected chi connectivity index (χ0v) is 7.75. The van der Waals surface area contributed by atoms with Crippen molar-refractivity contribution in [1.29, 1.82) is 0 Å². The van der Waals surface area contributed by atoms with E-state index in [0.717, 1.165) is 18.3 Å². The Bertz CT molecular complexity index is 376. The van der Waals surface area contributed by atoms with Gasteiger partial charge >= 0.3 is 12.1 Å². The molecule has 3 nitrogen and oxygen atoms in total. The molecule has 1 N–H and O–H groups in total. The van der Waals surface area contributed by atoms with Crippen molar-refractivity contribution in [2.75, 3.05) is 0 Å². The summed E-state index contributed by atoms with van der Waals surface area (Å²) in [6, 6.07) is 1.55. The van der Waals surface area contributed by atoms with Crippen molar-refractivity contribution in [2.45, 2.75) is 19.0 Å². The summed E-state index contributed by atoms with van der Waals surface area (Å²) in [6.07, 6.45) is -3.52. The normalized spacial score (nSPS) is 13.6. The molecule has 0 amide bonds. The first kappa shape index (κ1) is 11.5. The van der Waals surface area contributed by atoms with Gasteiger partial charge in [-0.1, -0.05) is 0 Å². The largest absolute Gasteiger partial charge is 0.481 e. The molecule has 0 bridgehead atoms. The van der Waals surface area contributed by atoms with Crippen molar-refractivity contribution in [2.24, 2.45) is 0 Å². The Hall–Kier alpha value is -1.59. The quantitative estimate of drug-likeness (QED) is 0.830. The lowest BCUT2D eigenvalue weighted by Crippen LogP contribution is -2.12. The topological polar surface area (TPSA) is 50.2 Å². The first-order valence-electron chi connectivity index (χ1n) is 4.08. The molecule has 0 saturated carbocycles. The molecule has 1 heterocycles. The van der Waals surface area contributed by atoms with Gasteiger partial charge in [0, 0.05) is 6.20 Å². The number of hydrogen-bond acceptors (Lipinski definition) is 2. The predicted molar refractivity (Wildman–Crippen MR) is 45.3 cm³/mol. The molecule has 82 valence electrons. The van der Waals surface area contributed by atoms with E-state index in [9.17, 15) is 18.0 Å². The van der Waals surface area contributed by atoms with Crippen LogP contribution in [0.1, 0.15) is 24.1 Å². The van der Waals surface area contributed by atoms with E-state index < -0.39 is 23.6 Å². The van der Waals surface area contributed by atoms with Crippen LogP contribution in [0.3, 0.4) is 0 Å². The van der Waals surface area contributed by atoms with Gasteiger partial charge in [0.05, 0.1) is 17.2 Å². The molecule has 0 saturated heterocycles. The molecule has 6 heteroatoms. The lowest BCUT2D eigenvalue weighted by molar-refractivity contribution is -0.140. The van der Waals surface area contributed by atoms with Crippen molar-refractivity contribution in [3.05, 3.63) is 29.6 Å². The Morgan fingerprint density at radius 3 is 2.60 bits per heavy atom. The predicted octanol–water partition coefficient (Wildman–Crippen LogP) is 2.29. The maximum absolute atomic E-state index is 12.3. The van der Waals surface area contributed by atoms with E-state index in [0.29, 0.717) is 0 Å². The molecule has 0 unspecified atom stereocenters. The maximum Gasteiger partial charge on any atom is 0.416 e. The number of alkyl halides is 3. The SMILES string of the molecule is C[C@@H](C(=O)O)c1cc(C(F)(F)F)ccn1. The highest BCUT2D eigenvalue weighted by Gasteiger charge is 2.31. The molecular weight excluding hydrogens is 211 g/mol. The van der Waals surface area contributed by atoms with Crippen LogP contribution in [-0.2, 0) is 11.0 Å². The summed E-state index contributed by atoms with van der Waals surface area (Å²) < 4.78 is 36.8. The standard InChI is InChI=1S/C9H8F3NO2/c1-5(8(14)15)7-4-6(2-3-13-7)9(10,11)12/h2-5H,1H3,(H,14,15)/t5-/m1/s1. The fourth-order valence-corrected chi connectivity index (χ4v) is 0.988. The molecule has 1 aromatic rings. The number of aliphatic carboxylic acids is 1. The van der Waals surface area contributed by atoms with Gasteiger partial charge in [-0.2, -0.15) is 13.2 Å². The van der Waals surface area contributed by atoms with E-state index in [2.05, 4.69) is 4.98 Å². The monoisotopic (exact) mass is 219 g/mol. The summed E-state index contributed by atoms with van der Waals surface area (Å²) in [5, 5.41) is 8.61. The van der Waals surface area contributed by atoms with Crippen molar-refractivity contribution < 1.29 is 23.1 Å². The average Bonchev–Trinajstić information content (AvgIpc) is 2.15. The van der Waals surface area contributed by atoms with Gasteiger partial charge in [-0.25, -0.2) is 0 Å². The highest BCUT2D eigenvalue weighted by atomic mass is 19.4. The smallest absolute Gasteiger partial charge is 0.416 e. The lowest BCUT2D eigenvalue weighted by Gasteiger charge is -2.09. The Morgan fingerprint density at radius 2 is 2.13 bits per heavy atom. The van der Waals surface area contributed by atoms with Crippen molar-refractivity contribution >= 4 is 5.97 Å². The van der Waals surface area contributed by atoms with Gasteiger partial charge < -0.3 is 5.11 Å². The number of pyridine rings is 1. The molecule has 0 aromatic carbocycles. The molecule has 1 atom stereocenters. The molecule has 0 fully saturated rings. The second-order valence-electron chi connectivity index (χ2n) is 3.03. The number of nitrogens with zero attached hydrogens (tertiary/aromatic N) is 1. The van der Waals surface area contributed by atoms with E-state index in [1.165, 1.54) is 6.92 Å². The minimum absolute atomic E-state index is 0.0997. The molecule has 1 rings (SSSR count). The van der Waals surface area contributed by atoms with E-state index >= 15 is 0 Å². The van der Waals surface area contributed by atoms with Crippen LogP contribution < -0.4 is 0 Å². The minimum Gasteiger partial charge on any atom is -0.481 e. The third-order valence-corrected chi connectivity index (χ3v) is 1.92. The van der Waals surface area contributed by atoms with Crippen LogP contribution >= 0.6 is 0 Å². The van der Waals surface area contributed by atoms with Crippen molar-refractivity contribution in [1.82, 2.24) is 4.98 Å². The van der Waals surface area contributed by atoms with E-state index in [1.807, 2.05) is 0 Å². The van der Waals surface area contributed by atoms with Crippen molar-refractivity contribution in [3.63, 3.8) is 0 Å². The Morgan fingerprint density at radius 1 is 1.53 bits per heavy atom. The number of rotatable bonds is 2. The maximum atomic E-state index is 12.3. The summed E-state index contributed by atoms with van der Waals surface area (Å²) in [5.41, 5.74) is -0.988. The van der Waals surface area contributed by atoms with Gasteiger partial charge in [-0.3, -0.25) is 9.78 Å². The van der Waals surface area contributed by atoms with Gasteiger partial charge in [0.25, 0.3) is 0 Å². The fourth-order valence-electron chi connectivity index (χ4n) is 0.988. The molecule has 0 aliphatic heterocycles. The molecule has 15 heavy (non-hydrogen) atoms. The molecule has 0 radical (unpaired) electrons. The molecule has 0 spiro atoms. The van der Waals surface area contributed by atoms with Crippen LogP contribution in [0.2, 0.25) is 0 Å². The Labute approximate surface area is 83.6 Å². The summed E-state index contributed by atoms with van der Waals surface area (Å²) in [4.78, 5) is 14.1. The number of halogens is 3. The summed E-state index contributed by atoms with van der Waals surface area (Å²) >= 11 is 0. The van der Waals surface area contributed by atoms with Gasteiger partial charge in [-0.15, -0.1) is 0 Å². The van der Waals surface area contributed by atoms with Crippen LogP contribution in [0.5, 0.6) is 0 Å². The average molecular weight is 219 g/mol. The second-order valence-corrected chi connectivity index (χ2v) is 3.03. The van der Waals surface area contributed by atoms with Crippen molar-refractivity contribution in [3.8, 4) is 0 Å². The molecule has 1 aromatic heterocycles. The highest BCUT2D eigenvalue weighted by molar-refractivity contribution is 5.74. The van der Waals surface area contributed by atoms with E-state index in [-0.39, 0.29) is 5.69 Å². The van der Waals surface area contributed by atoms with Crippen LogP contribution in [0.15, 0.2) is 18.3 Å². The number of carboxylic acids is 1. The number of aromatic nitrogens is 1. The van der Waals surface area contributed by atoms with Gasteiger partial charge in [0.15, 0.2) is 0 Å². The second kappa shape index (κ2) is 3.88. The first-order chi connectivity index (χ1) is 6.82. The molecule has 0 aliphatic rings. The Kier molecular flexibility index (Phi) is 2.97. The highest BCUT2D eigenvalue weighted by Crippen LogP contribution is 2.30. The summed E-state index contributed by atoms with van der Waals surface area (Å²) in [6.45, 7) is 1.28. The number of hydrogen-bond donors (Lipinski definition) is 1. The molecule has 0 aliphatic carbocycles. The lowest BCUT2D eigenvalue weighted by atomic mass is 10.1. The Balaban J connectivity index is 3.08. The third-order valence-electron chi connectivity index (χ3n) is 1.92. The van der Waals surface area contributed by atoms with Crippen LogP contribution in [0.25, 0.3) is 0 Å². The van der Waals surface area contributed by atoms with Crippen LogP contribution in [0.4, 0.5) is 13.2 Å². The van der Waals surface area contributed by atoms with Gasteiger partial charge in [0.2, 0.25) is 0 Å². The molecular formula is C9H8F3NO2. The summed E-state index contributed by atoms with van der Waals surface area (Å²) in [7, 11) is 0. The number of carboxylic acid groups (broad SMARTS) is 1. The van der Waals surface area contributed by atoms with Crippen LogP contribution in [0, 0.1) is 0 Å². The summed E-state index contributed by atoms with van der Waals surface area (Å²) in [5.74, 6) is -2.26. The van der Waals surface area contributed by atoms with Crippen LogP contribution in [-0.4, -0.2) is 16.1 Å². The first-order valence-corrected chi connectivity index (χ1v) is 4.08. The fraction of sp³-hybridized carbons (Fsp3) is 0.333. The third kappa shape index (κ3) is 2.68. The van der Waals surface area contributed by atoms with Gasteiger partial charge in [-0.05, 0) is 19.1 Å². The zero-order chi connectivity index (χ0) is 11.6. The van der Waals surface area contributed by atoms with E-state index in [1.54, 1.807) is 0 Å². The van der Waals surface area contributed by atoms with Gasteiger partial charge in [0.1, 0.15) is 0 Å². The zero-order valence-electron chi connectivity index (χ0n) is 7.75. The van der Waals surface area contributed by atoms with E-state index in [4.69, 9.17) is 5.11 Å². The minimum atomic E-state index is -4.48.